The van der Waals surface area contributed by atoms with Gasteiger partial charge in [-0.25, -0.2) is 12.8 Å². The molecule has 0 fully saturated rings. The van der Waals surface area contributed by atoms with E-state index in [4.69, 9.17) is 4.74 Å². The molecule has 0 unspecified atom stereocenters. The summed E-state index contributed by atoms with van der Waals surface area (Å²) in [5, 5.41) is 32.7. The molecule has 0 aliphatic carbocycles. The third kappa shape index (κ3) is 7.08. The van der Waals surface area contributed by atoms with Crippen LogP contribution in [-0.4, -0.2) is 49.5 Å². The first-order valence-corrected chi connectivity index (χ1v) is 12.1. The molecule has 3 aromatic rings. The van der Waals surface area contributed by atoms with Crippen molar-refractivity contribution in [1.82, 2.24) is 5.32 Å². The predicted octanol–water partition coefficient (Wildman–Crippen LogP) is 3.00. The molecule has 0 aliphatic rings. The van der Waals surface area contributed by atoms with Gasteiger partial charge in [-0.15, -0.1) is 0 Å². The zero-order valence-corrected chi connectivity index (χ0v) is 19.1. The van der Waals surface area contributed by atoms with E-state index in [1.807, 2.05) is 0 Å². The first-order valence-electron chi connectivity index (χ1n) is 10.6. The Kier molecular flexibility index (Phi) is 8.69. The molecule has 0 aliphatic heterocycles. The molecule has 5 N–H and O–H groups in total. The van der Waals surface area contributed by atoms with Crippen molar-refractivity contribution in [2.45, 2.75) is 23.8 Å². The van der Waals surface area contributed by atoms with E-state index in [0.29, 0.717) is 37.3 Å². The second-order valence-electron chi connectivity index (χ2n) is 7.62. The van der Waals surface area contributed by atoms with E-state index in [9.17, 15) is 28.1 Å². The lowest BCUT2D eigenvalue weighted by Crippen LogP contribution is -2.35. The normalized spacial score (nSPS) is 12.3. The number of aliphatic hydroxyl groups is 1. The van der Waals surface area contributed by atoms with E-state index in [2.05, 4.69) is 10.0 Å². The Bertz CT molecular complexity index is 1190. The highest BCUT2D eigenvalue weighted by Gasteiger charge is 2.17. The molecule has 1 atom stereocenters. The maximum absolute atomic E-state index is 13.1. The maximum atomic E-state index is 13.1. The van der Waals surface area contributed by atoms with Crippen LogP contribution in [0.15, 0.2) is 71.6 Å². The summed E-state index contributed by atoms with van der Waals surface area (Å²) in [4.78, 5) is -0.139. The van der Waals surface area contributed by atoms with Crippen LogP contribution in [0.3, 0.4) is 0 Å². The van der Waals surface area contributed by atoms with Gasteiger partial charge in [-0.1, -0.05) is 18.2 Å². The summed E-state index contributed by atoms with van der Waals surface area (Å²) in [5.74, 6) is -0.344. The Balaban J connectivity index is 1.55. The first-order chi connectivity index (χ1) is 16.3. The van der Waals surface area contributed by atoms with Crippen LogP contribution in [0.1, 0.15) is 12.0 Å². The maximum Gasteiger partial charge on any atom is 0.262 e. The zero-order valence-electron chi connectivity index (χ0n) is 18.3. The van der Waals surface area contributed by atoms with Crippen LogP contribution in [0.2, 0.25) is 0 Å². The molecule has 182 valence electrons. The van der Waals surface area contributed by atoms with Gasteiger partial charge in [0.2, 0.25) is 0 Å². The molecule has 0 amide bonds. The minimum Gasteiger partial charge on any atom is -0.506 e. The molecule has 3 rings (SSSR count). The standard InChI is InChI=1S/C24H27FN2O6S/c25-18-7-9-20(10-8-18)34(31,32)27-21-15-17(6-11-22(21)29)14-19(16-28)26-12-3-13-33-24-5-2-1-4-23(24)30/h1-2,4-11,15,19,26-30H,3,12-14,16H2/t19-/m0/s1. The van der Waals surface area contributed by atoms with Crippen LogP contribution in [-0.2, 0) is 16.4 Å². The third-order valence-electron chi connectivity index (χ3n) is 5.01. The number of aromatic hydroxyl groups is 2. The third-order valence-corrected chi connectivity index (χ3v) is 6.39. The lowest BCUT2D eigenvalue weighted by atomic mass is 10.1. The van der Waals surface area contributed by atoms with E-state index >= 15 is 0 Å². The average molecular weight is 491 g/mol. The molecule has 0 spiro atoms. The van der Waals surface area contributed by atoms with Gasteiger partial charge in [0.05, 0.1) is 23.8 Å². The summed E-state index contributed by atoms with van der Waals surface area (Å²) in [6.07, 6.45) is 1.01. The number of ether oxygens (including phenoxy) is 1. The fourth-order valence-electron chi connectivity index (χ4n) is 3.23. The van der Waals surface area contributed by atoms with Gasteiger partial charge in [0.25, 0.3) is 10.0 Å². The number of nitrogens with one attached hydrogen (secondary N) is 2. The van der Waals surface area contributed by atoms with Gasteiger partial charge in [-0.05, 0) is 73.5 Å². The monoisotopic (exact) mass is 490 g/mol. The van der Waals surface area contributed by atoms with Crippen molar-refractivity contribution in [2.75, 3.05) is 24.5 Å². The molecule has 0 saturated heterocycles. The molecule has 8 nitrogen and oxygen atoms in total. The average Bonchev–Trinajstić information content (AvgIpc) is 2.81. The van der Waals surface area contributed by atoms with Gasteiger partial charge in [0, 0.05) is 6.04 Å². The minimum absolute atomic E-state index is 0.0189. The Labute approximate surface area is 197 Å². The Hall–Kier alpha value is -3.34. The van der Waals surface area contributed by atoms with Gasteiger partial charge < -0.3 is 25.4 Å². The SMILES string of the molecule is O=S(=O)(Nc1cc(C[C@@H](CO)NCCCOc2ccccc2O)ccc1O)c1ccc(F)cc1. The number of halogens is 1. The van der Waals surface area contributed by atoms with Gasteiger partial charge in [-0.3, -0.25) is 4.72 Å². The lowest BCUT2D eigenvalue weighted by Gasteiger charge is -2.18. The molecule has 0 bridgehead atoms. The van der Waals surface area contributed by atoms with Crippen molar-refractivity contribution in [3.05, 3.63) is 78.1 Å². The second-order valence-corrected chi connectivity index (χ2v) is 9.30. The molecule has 0 heterocycles. The van der Waals surface area contributed by atoms with Crippen LogP contribution in [0, 0.1) is 5.82 Å². The summed E-state index contributed by atoms with van der Waals surface area (Å²) in [6, 6.07) is 15.2. The largest absolute Gasteiger partial charge is 0.506 e. The van der Waals surface area contributed by atoms with Crippen LogP contribution in [0.25, 0.3) is 0 Å². The number of para-hydroxylation sites is 2. The number of aliphatic hydroxyl groups excluding tert-OH is 1. The smallest absolute Gasteiger partial charge is 0.262 e. The van der Waals surface area contributed by atoms with Crippen LogP contribution >= 0.6 is 0 Å². The molecule has 3 aromatic carbocycles. The predicted molar refractivity (Wildman–Crippen MR) is 126 cm³/mol. The van der Waals surface area contributed by atoms with Gasteiger partial charge in [0.1, 0.15) is 11.6 Å². The number of benzene rings is 3. The number of sulfonamides is 1. The fraction of sp³-hybridized carbons (Fsp3) is 0.250. The van der Waals surface area contributed by atoms with E-state index in [0.717, 1.165) is 24.3 Å². The van der Waals surface area contributed by atoms with Crippen molar-refractivity contribution in [3.63, 3.8) is 0 Å². The molecular weight excluding hydrogens is 463 g/mol. The van der Waals surface area contributed by atoms with E-state index in [1.54, 1.807) is 30.3 Å². The van der Waals surface area contributed by atoms with E-state index in [1.165, 1.54) is 12.1 Å². The number of phenols is 2. The highest BCUT2D eigenvalue weighted by atomic mass is 32.2. The van der Waals surface area contributed by atoms with Crippen molar-refractivity contribution >= 4 is 15.7 Å². The summed E-state index contributed by atoms with van der Waals surface area (Å²) >= 11 is 0. The number of hydrogen-bond acceptors (Lipinski definition) is 7. The Morgan fingerprint density at radius 1 is 0.971 bits per heavy atom. The van der Waals surface area contributed by atoms with Crippen LogP contribution in [0.4, 0.5) is 10.1 Å². The van der Waals surface area contributed by atoms with Gasteiger partial charge >= 0.3 is 0 Å². The number of hydrogen-bond donors (Lipinski definition) is 5. The van der Waals surface area contributed by atoms with Gasteiger partial charge in [-0.2, -0.15) is 0 Å². The second kappa shape index (κ2) is 11.7. The van der Waals surface area contributed by atoms with Gasteiger partial charge in [0.15, 0.2) is 11.5 Å². The highest BCUT2D eigenvalue weighted by Crippen LogP contribution is 2.28. The number of rotatable bonds is 12. The zero-order chi connectivity index (χ0) is 24.6. The quantitative estimate of drug-likeness (QED) is 0.195. The molecule has 0 radical (unpaired) electrons. The Morgan fingerprint density at radius 2 is 1.71 bits per heavy atom. The van der Waals surface area contributed by atoms with Crippen LogP contribution < -0.4 is 14.8 Å². The number of anilines is 1. The van der Waals surface area contributed by atoms with Crippen LogP contribution in [0.5, 0.6) is 17.2 Å². The summed E-state index contributed by atoms with van der Waals surface area (Å²) < 4.78 is 46.1. The first kappa shape index (κ1) is 25.3. The molecule has 0 saturated carbocycles. The minimum atomic E-state index is -4.02. The van der Waals surface area contributed by atoms with Crippen molar-refractivity contribution in [3.8, 4) is 17.2 Å². The Morgan fingerprint density at radius 3 is 2.41 bits per heavy atom. The fourth-order valence-corrected chi connectivity index (χ4v) is 4.30. The van der Waals surface area contributed by atoms with E-state index in [-0.39, 0.29) is 34.7 Å². The number of phenolic OH excluding ortho intramolecular Hbond substituents is 2. The van der Waals surface area contributed by atoms with E-state index < -0.39 is 15.8 Å². The highest BCUT2D eigenvalue weighted by molar-refractivity contribution is 7.92. The molecule has 34 heavy (non-hydrogen) atoms. The van der Waals surface area contributed by atoms with Crippen molar-refractivity contribution < 1.29 is 32.9 Å². The molecule has 10 heteroatoms. The molecule has 0 aromatic heterocycles. The topological polar surface area (TPSA) is 128 Å². The lowest BCUT2D eigenvalue weighted by molar-refractivity contribution is 0.235. The molecular formula is C24H27FN2O6S. The van der Waals surface area contributed by atoms with Crippen molar-refractivity contribution in [2.24, 2.45) is 0 Å². The summed E-state index contributed by atoms with van der Waals surface area (Å²) in [5.41, 5.74) is 0.668. The van der Waals surface area contributed by atoms with Crippen molar-refractivity contribution in [1.29, 1.82) is 0 Å². The summed E-state index contributed by atoms with van der Waals surface area (Å²) in [7, 11) is -4.02. The summed E-state index contributed by atoms with van der Waals surface area (Å²) in [6.45, 7) is 0.760.